The van der Waals surface area contributed by atoms with Gasteiger partial charge in [-0.3, -0.25) is 4.99 Å². The fourth-order valence-corrected chi connectivity index (χ4v) is 3.91. The normalized spacial score (nSPS) is 11.3. The summed E-state index contributed by atoms with van der Waals surface area (Å²) in [5.74, 6) is 1.78. The van der Waals surface area contributed by atoms with Crippen LogP contribution < -0.4 is 19.0 Å². The number of ether oxygens (including phenoxy) is 3. The first-order chi connectivity index (χ1) is 14.5. The first-order valence-corrected chi connectivity index (χ1v) is 11.1. The standard InChI is InChI=1S/C23H33N3O3S/c1-8-10-18(11-9-2)25-26-19(15-30-23(26)24-14-16(3)4)17-12-20(27-5)22(29-7)21(13-17)28-6/h12-13,15H,3,8-11,14H2,1-2,4-7H3. The number of hydrogen-bond donors (Lipinski definition) is 0. The van der Waals surface area contributed by atoms with Crippen LogP contribution in [0.25, 0.3) is 11.3 Å². The predicted molar refractivity (Wildman–Crippen MR) is 125 cm³/mol. The average Bonchev–Trinajstić information content (AvgIpc) is 3.13. The van der Waals surface area contributed by atoms with Crippen molar-refractivity contribution in [3.8, 4) is 28.5 Å². The maximum Gasteiger partial charge on any atom is 0.206 e. The second kappa shape index (κ2) is 11.6. The minimum absolute atomic E-state index is 0.568. The smallest absolute Gasteiger partial charge is 0.206 e. The molecule has 0 saturated carbocycles. The van der Waals surface area contributed by atoms with Crippen LogP contribution in [0.3, 0.4) is 0 Å². The third-order valence-corrected chi connectivity index (χ3v) is 5.30. The van der Waals surface area contributed by atoms with Crippen molar-refractivity contribution < 1.29 is 14.2 Å². The van der Waals surface area contributed by atoms with Crippen molar-refractivity contribution in [3.63, 3.8) is 0 Å². The Bertz CT molecular complexity index is 924. The van der Waals surface area contributed by atoms with Gasteiger partial charge < -0.3 is 14.2 Å². The van der Waals surface area contributed by atoms with Gasteiger partial charge in [0.1, 0.15) is 0 Å². The molecule has 30 heavy (non-hydrogen) atoms. The van der Waals surface area contributed by atoms with E-state index in [-0.39, 0.29) is 0 Å². The lowest BCUT2D eigenvalue weighted by Gasteiger charge is -2.14. The zero-order chi connectivity index (χ0) is 22.1. The molecule has 2 aromatic rings. The average molecular weight is 432 g/mol. The van der Waals surface area contributed by atoms with Crippen molar-refractivity contribution in [1.29, 1.82) is 0 Å². The number of aromatic nitrogens is 1. The molecule has 0 aliphatic rings. The van der Waals surface area contributed by atoms with E-state index in [2.05, 4.69) is 25.8 Å². The van der Waals surface area contributed by atoms with Gasteiger partial charge in [0.25, 0.3) is 0 Å². The molecule has 0 bridgehead atoms. The Hall–Kier alpha value is -2.54. The highest BCUT2D eigenvalue weighted by molar-refractivity contribution is 7.07. The molecular formula is C23H33N3O3S. The Morgan fingerprint density at radius 3 is 2.10 bits per heavy atom. The number of benzene rings is 1. The molecule has 1 aromatic carbocycles. The first kappa shape index (κ1) is 23.7. The van der Waals surface area contributed by atoms with Crippen LogP contribution in [0.5, 0.6) is 17.2 Å². The summed E-state index contributed by atoms with van der Waals surface area (Å²) in [6, 6.07) is 3.88. The first-order valence-electron chi connectivity index (χ1n) is 10.2. The van der Waals surface area contributed by atoms with Crippen molar-refractivity contribution in [2.24, 2.45) is 10.1 Å². The Morgan fingerprint density at radius 1 is 1.03 bits per heavy atom. The summed E-state index contributed by atoms with van der Waals surface area (Å²) in [5.41, 5.74) is 4.04. The summed E-state index contributed by atoms with van der Waals surface area (Å²) in [5, 5.41) is 7.08. The van der Waals surface area contributed by atoms with Gasteiger partial charge in [-0.1, -0.05) is 38.8 Å². The summed E-state index contributed by atoms with van der Waals surface area (Å²) >= 11 is 1.56. The number of rotatable bonds is 11. The lowest BCUT2D eigenvalue weighted by atomic mass is 10.1. The lowest BCUT2D eigenvalue weighted by molar-refractivity contribution is 0.324. The maximum absolute atomic E-state index is 5.54. The molecule has 7 heteroatoms. The van der Waals surface area contributed by atoms with Gasteiger partial charge in [-0.2, -0.15) is 5.10 Å². The SMILES string of the molecule is C=C(C)CN=c1scc(-c2cc(OC)c(OC)c(OC)c2)n1N=C(CCC)CCC. The highest BCUT2D eigenvalue weighted by Crippen LogP contribution is 2.41. The number of hydrogen-bond acceptors (Lipinski definition) is 6. The van der Waals surface area contributed by atoms with E-state index in [0.717, 1.165) is 47.3 Å². The molecule has 0 fully saturated rings. The van der Waals surface area contributed by atoms with Gasteiger partial charge in [0, 0.05) is 16.7 Å². The van der Waals surface area contributed by atoms with E-state index in [1.807, 2.05) is 23.7 Å². The van der Waals surface area contributed by atoms with Crippen molar-refractivity contribution in [2.45, 2.75) is 46.5 Å². The van der Waals surface area contributed by atoms with Crippen molar-refractivity contribution in [1.82, 2.24) is 4.68 Å². The zero-order valence-electron chi connectivity index (χ0n) is 18.9. The van der Waals surface area contributed by atoms with E-state index >= 15 is 0 Å². The van der Waals surface area contributed by atoms with Crippen LogP contribution in [0.15, 0.2) is 39.8 Å². The van der Waals surface area contributed by atoms with E-state index in [1.165, 1.54) is 5.71 Å². The second-order valence-electron chi connectivity index (χ2n) is 7.07. The van der Waals surface area contributed by atoms with Gasteiger partial charge in [0.15, 0.2) is 11.5 Å². The van der Waals surface area contributed by atoms with Crippen LogP contribution >= 0.6 is 11.3 Å². The van der Waals surface area contributed by atoms with Gasteiger partial charge in [0.05, 0.1) is 33.6 Å². The molecule has 0 spiro atoms. The molecule has 1 heterocycles. The molecule has 2 rings (SSSR count). The summed E-state index contributed by atoms with van der Waals surface area (Å²) in [7, 11) is 4.84. The second-order valence-corrected chi connectivity index (χ2v) is 7.91. The molecule has 0 N–H and O–H groups in total. The van der Waals surface area contributed by atoms with Crippen LogP contribution in [-0.2, 0) is 0 Å². The van der Waals surface area contributed by atoms with Crippen LogP contribution in [-0.4, -0.2) is 38.3 Å². The van der Waals surface area contributed by atoms with Crippen molar-refractivity contribution in [3.05, 3.63) is 34.5 Å². The Morgan fingerprint density at radius 2 is 1.63 bits per heavy atom. The summed E-state index contributed by atoms with van der Waals surface area (Å²) < 4.78 is 18.5. The van der Waals surface area contributed by atoms with E-state index in [0.29, 0.717) is 23.8 Å². The topological polar surface area (TPSA) is 57.3 Å². The monoisotopic (exact) mass is 431 g/mol. The lowest BCUT2D eigenvalue weighted by Crippen LogP contribution is -2.15. The third-order valence-electron chi connectivity index (χ3n) is 4.45. The minimum atomic E-state index is 0.568. The zero-order valence-corrected chi connectivity index (χ0v) is 19.8. The van der Waals surface area contributed by atoms with E-state index in [1.54, 1.807) is 32.7 Å². The Labute approximate surface area is 183 Å². The summed E-state index contributed by atoms with van der Waals surface area (Å²) in [6.07, 6.45) is 4.04. The van der Waals surface area contributed by atoms with Gasteiger partial charge >= 0.3 is 0 Å². The molecule has 0 aliphatic heterocycles. The van der Waals surface area contributed by atoms with Crippen LogP contribution in [0.1, 0.15) is 46.5 Å². The maximum atomic E-state index is 5.54. The quantitative estimate of drug-likeness (QED) is 0.347. The molecule has 0 unspecified atom stereocenters. The molecule has 164 valence electrons. The molecule has 1 aromatic heterocycles. The molecular weight excluding hydrogens is 398 g/mol. The van der Waals surface area contributed by atoms with E-state index in [4.69, 9.17) is 24.3 Å². The molecule has 0 amide bonds. The molecule has 0 radical (unpaired) electrons. The van der Waals surface area contributed by atoms with E-state index in [9.17, 15) is 0 Å². The third kappa shape index (κ3) is 5.75. The highest BCUT2D eigenvalue weighted by atomic mass is 32.1. The largest absolute Gasteiger partial charge is 0.493 e. The highest BCUT2D eigenvalue weighted by Gasteiger charge is 2.17. The number of thiazole rings is 1. The van der Waals surface area contributed by atoms with Crippen LogP contribution in [0.4, 0.5) is 0 Å². The van der Waals surface area contributed by atoms with Crippen LogP contribution in [0.2, 0.25) is 0 Å². The van der Waals surface area contributed by atoms with Gasteiger partial charge in [0.2, 0.25) is 10.6 Å². The predicted octanol–water partition coefficient (Wildman–Crippen LogP) is 5.52. The Balaban J connectivity index is 2.73. The summed E-state index contributed by atoms with van der Waals surface area (Å²) in [4.78, 5) is 5.57. The fraction of sp³-hybridized carbons (Fsp3) is 0.478. The number of methoxy groups -OCH3 is 3. The van der Waals surface area contributed by atoms with Gasteiger partial charge in [-0.25, -0.2) is 4.68 Å². The molecule has 0 saturated heterocycles. The molecule has 0 atom stereocenters. The molecule has 6 nitrogen and oxygen atoms in total. The van der Waals surface area contributed by atoms with Crippen molar-refractivity contribution >= 4 is 17.0 Å². The van der Waals surface area contributed by atoms with Crippen LogP contribution in [0, 0.1) is 0 Å². The van der Waals surface area contributed by atoms with Gasteiger partial charge in [-0.05, 0) is 31.9 Å². The minimum Gasteiger partial charge on any atom is -0.493 e. The number of nitrogens with zero attached hydrogens (tertiary/aromatic N) is 3. The molecule has 0 aliphatic carbocycles. The Kier molecular flexibility index (Phi) is 9.17. The fourth-order valence-electron chi connectivity index (χ4n) is 3.08. The van der Waals surface area contributed by atoms with Crippen molar-refractivity contribution in [2.75, 3.05) is 27.9 Å². The van der Waals surface area contributed by atoms with E-state index < -0.39 is 0 Å². The summed E-state index contributed by atoms with van der Waals surface area (Å²) in [6.45, 7) is 10.9. The van der Waals surface area contributed by atoms with Gasteiger partial charge in [-0.15, -0.1) is 11.3 Å².